The van der Waals surface area contributed by atoms with E-state index in [2.05, 4.69) is 9.98 Å². The summed E-state index contributed by atoms with van der Waals surface area (Å²) in [5.41, 5.74) is 2.06. The highest BCUT2D eigenvalue weighted by atomic mass is 32.2. The second-order valence-electron chi connectivity index (χ2n) is 5.45. The Labute approximate surface area is 157 Å². The van der Waals surface area contributed by atoms with Crippen molar-refractivity contribution in [2.24, 2.45) is 15.9 Å². The molecule has 1 unspecified atom stereocenters. The third kappa shape index (κ3) is 4.25. The van der Waals surface area contributed by atoms with Crippen LogP contribution in [0.2, 0.25) is 0 Å². The van der Waals surface area contributed by atoms with Crippen molar-refractivity contribution < 1.29 is 14.7 Å². The highest BCUT2D eigenvalue weighted by molar-refractivity contribution is 8.13. The Kier molecular flexibility index (Phi) is 5.61. The van der Waals surface area contributed by atoms with Crippen molar-refractivity contribution >= 4 is 45.9 Å². The van der Waals surface area contributed by atoms with Crippen LogP contribution in [0.4, 0.5) is 0 Å². The maximum absolute atomic E-state index is 12.2. The third-order valence-corrected chi connectivity index (χ3v) is 5.37. The first-order valence-electron chi connectivity index (χ1n) is 7.64. The smallest absolute Gasteiger partial charge is 0.307 e. The molecule has 0 fully saturated rings. The van der Waals surface area contributed by atoms with Gasteiger partial charge in [-0.15, -0.1) is 11.3 Å². The quantitative estimate of drug-likeness (QED) is 0.854. The van der Waals surface area contributed by atoms with Crippen molar-refractivity contribution in [3.8, 4) is 6.07 Å². The van der Waals surface area contributed by atoms with E-state index in [0.29, 0.717) is 22.2 Å². The van der Waals surface area contributed by atoms with Crippen LogP contribution in [0.1, 0.15) is 16.0 Å². The number of nitrogens with zero attached hydrogens (tertiary/aromatic N) is 3. The van der Waals surface area contributed by atoms with E-state index < -0.39 is 17.8 Å². The van der Waals surface area contributed by atoms with Crippen LogP contribution in [0.5, 0.6) is 0 Å². The molecule has 2 aromatic rings. The SMILES string of the molecule is N#CC1C(=O)N=C(SCc2cccc(CC(=O)O)c2)N=C1c1cccs1. The minimum absolute atomic E-state index is 0.0392. The van der Waals surface area contributed by atoms with Gasteiger partial charge >= 0.3 is 5.97 Å². The van der Waals surface area contributed by atoms with Crippen LogP contribution >= 0.6 is 23.1 Å². The lowest BCUT2D eigenvalue weighted by molar-refractivity contribution is -0.136. The number of thioether (sulfide) groups is 1. The van der Waals surface area contributed by atoms with Gasteiger partial charge in [-0.25, -0.2) is 4.99 Å². The zero-order valence-electron chi connectivity index (χ0n) is 13.5. The number of amidine groups is 1. The van der Waals surface area contributed by atoms with Crippen LogP contribution in [0.3, 0.4) is 0 Å². The van der Waals surface area contributed by atoms with E-state index >= 15 is 0 Å². The molecule has 130 valence electrons. The average Bonchev–Trinajstić information content (AvgIpc) is 3.14. The molecule has 0 aliphatic carbocycles. The summed E-state index contributed by atoms with van der Waals surface area (Å²) in [5, 5.41) is 20.3. The van der Waals surface area contributed by atoms with E-state index in [1.807, 2.05) is 35.7 Å². The van der Waals surface area contributed by atoms with Gasteiger partial charge in [-0.05, 0) is 22.6 Å². The first kappa shape index (κ1) is 18.0. The summed E-state index contributed by atoms with van der Waals surface area (Å²) < 4.78 is 0. The van der Waals surface area contributed by atoms with Gasteiger partial charge in [0.15, 0.2) is 11.1 Å². The van der Waals surface area contributed by atoms with Crippen LogP contribution in [0.15, 0.2) is 51.8 Å². The van der Waals surface area contributed by atoms with E-state index in [1.165, 1.54) is 23.1 Å². The van der Waals surface area contributed by atoms with Gasteiger partial charge < -0.3 is 5.11 Å². The molecule has 6 nitrogen and oxygen atoms in total. The van der Waals surface area contributed by atoms with Gasteiger partial charge in [-0.1, -0.05) is 42.1 Å². The number of rotatable bonds is 5. The van der Waals surface area contributed by atoms with E-state index in [0.717, 1.165) is 10.4 Å². The lowest BCUT2D eigenvalue weighted by Crippen LogP contribution is -2.26. The summed E-state index contributed by atoms with van der Waals surface area (Å²) in [6.07, 6.45) is -0.0392. The number of hydrogen-bond donors (Lipinski definition) is 1. The molecule has 0 saturated carbocycles. The van der Waals surface area contributed by atoms with E-state index in [1.54, 1.807) is 12.1 Å². The summed E-state index contributed by atoms with van der Waals surface area (Å²) in [6, 6.07) is 12.9. The standard InChI is InChI=1S/C18H13N3O3S2/c19-9-13-16(14-5-2-6-25-14)20-18(21-17(13)24)26-10-12-4-1-3-11(7-12)8-15(22)23/h1-7,13H,8,10H2,(H,22,23). The topological polar surface area (TPSA) is 103 Å². The number of carboxylic acids is 1. The van der Waals surface area contributed by atoms with Crippen molar-refractivity contribution in [2.75, 3.05) is 0 Å². The van der Waals surface area contributed by atoms with Crippen molar-refractivity contribution in [3.63, 3.8) is 0 Å². The van der Waals surface area contributed by atoms with E-state index in [4.69, 9.17) is 5.11 Å². The molecule has 1 aliphatic heterocycles. The number of carboxylic acid groups (broad SMARTS) is 1. The van der Waals surface area contributed by atoms with Crippen molar-refractivity contribution in [1.29, 1.82) is 5.26 Å². The van der Waals surface area contributed by atoms with Crippen LogP contribution < -0.4 is 0 Å². The number of carbonyl (C=O) groups is 2. The average molecular weight is 383 g/mol. The van der Waals surface area contributed by atoms with Crippen LogP contribution in [-0.2, 0) is 21.8 Å². The predicted octanol–water partition coefficient (Wildman–Crippen LogP) is 3.13. The fourth-order valence-corrected chi connectivity index (χ4v) is 3.96. The molecule has 0 radical (unpaired) electrons. The molecule has 0 saturated heterocycles. The monoisotopic (exact) mass is 383 g/mol. The first-order chi connectivity index (χ1) is 12.6. The zero-order valence-corrected chi connectivity index (χ0v) is 15.1. The Balaban J connectivity index is 1.77. The van der Waals surface area contributed by atoms with Gasteiger partial charge in [-0.3, -0.25) is 9.59 Å². The summed E-state index contributed by atoms with van der Waals surface area (Å²) >= 11 is 2.71. The van der Waals surface area contributed by atoms with Crippen molar-refractivity contribution in [3.05, 3.63) is 57.8 Å². The molecular weight excluding hydrogens is 370 g/mol. The Morgan fingerprint density at radius 3 is 2.77 bits per heavy atom. The number of benzene rings is 1. The molecule has 1 atom stereocenters. The zero-order chi connectivity index (χ0) is 18.5. The van der Waals surface area contributed by atoms with Gasteiger partial charge in [0.1, 0.15) is 0 Å². The maximum Gasteiger partial charge on any atom is 0.307 e. The normalized spacial score (nSPS) is 16.6. The summed E-state index contributed by atoms with van der Waals surface area (Å²) in [6.45, 7) is 0. The molecule has 0 bridgehead atoms. The molecule has 1 aliphatic rings. The van der Waals surface area contributed by atoms with Crippen LogP contribution in [0, 0.1) is 17.2 Å². The van der Waals surface area contributed by atoms with Crippen molar-refractivity contribution in [1.82, 2.24) is 0 Å². The Hall–Kier alpha value is -2.76. The largest absolute Gasteiger partial charge is 0.481 e. The minimum atomic E-state index is -0.975. The molecule has 0 spiro atoms. The highest BCUT2D eigenvalue weighted by Crippen LogP contribution is 2.24. The highest BCUT2D eigenvalue weighted by Gasteiger charge is 2.30. The van der Waals surface area contributed by atoms with Gasteiger partial charge in [0.2, 0.25) is 0 Å². The number of aliphatic carboxylic acids is 1. The fraction of sp³-hybridized carbons (Fsp3) is 0.167. The second kappa shape index (κ2) is 8.08. The molecule has 2 heterocycles. The van der Waals surface area contributed by atoms with Crippen LogP contribution in [-0.4, -0.2) is 27.9 Å². The number of hydrogen-bond acceptors (Lipinski definition) is 6. The number of carbonyl (C=O) groups excluding carboxylic acids is 1. The molecule has 8 heteroatoms. The number of nitriles is 1. The minimum Gasteiger partial charge on any atom is -0.481 e. The lowest BCUT2D eigenvalue weighted by atomic mass is 10.0. The Bertz CT molecular complexity index is 943. The lowest BCUT2D eigenvalue weighted by Gasteiger charge is -2.14. The van der Waals surface area contributed by atoms with Gasteiger partial charge in [0.25, 0.3) is 5.91 Å². The summed E-state index contributed by atoms with van der Waals surface area (Å²) in [4.78, 5) is 32.1. The van der Waals surface area contributed by atoms with E-state index in [9.17, 15) is 14.9 Å². The molecule has 1 aromatic carbocycles. The Morgan fingerprint density at radius 1 is 1.27 bits per heavy atom. The molecular formula is C18H13N3O3S2. The second-order valence-corrected chi connectivity index (χ2v) is 7.34. The maximum atomic E-state index is 12.2. The first-order valence-corrected chi connectivity index (χ1v) is 9.50. The van der Waals surface area contributed by atoms with Crippen molar-refractivity contribution in [2.45, 2.75) is 12.2 Å². The fourth-order valence-electron chi connectivity index (χ4n) is 2.42. The number of aliphatic imine (C=N–C) groups is 2. The van der Waals surface area contributed by atoms with Crippen LogP contribution in [0.25, 0.3) is 0 Å². The molecule has 1 N–H and O–H groups in total. The van der Waals surface area contributed by atoms with Gasteiger partial charge in [0, 0.05) is 5.75 Å². The van der Waals surface area contributed by atoms with Gasteiger partial charge in [-0.2, -0.15) is 10.3 Å². The predicted molar refractivity (Wildman–Crippen MR) is 101 cm³/mol. The number of thiophene rings is 1. The molecule has 1 aromatic heterocycles. The summed E-state index contributed by atoms with van der Waals surface area (Å²) in [7, 11) is 0. The molecule has 3 rings (SSSR count). The third-order valence-electron chi connectivity index (χ3n) is 3.56. The molecule has 26 heavy (non-hydrogen) atoms. The molecule has 1 amide bonds. The summed E-state index contributed by atoms with van der Waals surface area (Å²) in [5.74, 6) is -1.87. The Morgan fingerprint density at radius 2 is 2.08 bits per heavy atom. The number of amides is 1. The van der Waals surface area contributed by atoms with E-state index in [-0.39, 0.29) is 6.42 Å². The van der Waals surface area contributed by atoms with Gasteiger partial charge in [0.05, 0.1) is 23.1 Å².